The molecule has 3 aromatic rings. The number of thiazole rings is 1. The number of allylic oxidation sites excluding steroid dienone is 2. The van der Waals surface area contributed by atoms with Crippen LogP contribution in [-0.4, -0.2) is 24.1 Å². The van der Waals surface area contributed by atoms with Crippen LogP contribution in [0.5, 0.6) is 0 Å². The van der Waals surface area contributed by atoms with Gasteiger partial charge in [0, 0.05) is 30.5 Å². The third kappa shape index (κ3) is 3.22. The molecular weight excluding hydrogens is 330 g/mol. The molecule has 0 atom stereocenters. The predicted octanol–water partition coefficient (Wildman–Crippen LogP) is 2.57. The van der Waals surface area contributed by atoms with E-state index in [0.717, 1.165) is 47.8 Å². The van der Waals surface area contributed by atoms with Crippen molar-refractivity contribution in [3.8, 4) is 10.8 Å². The minimum atomic E-state index is 0.702. The molecule has 0 saturated carbocycles. The lowest BCUT2D eigenvalue weighted by Crippen LogP contribution is -2.30. The largest absolute Gasteiger partial charge is 0.326 e. The molecule has 1 aliphatic carbocycles. The second-order valence-electron chi connectivity index (χ2n) is 6.04. The van der Waals surface area contributed by atoms with Gasteiger partial charge in [-0.05, 0) is 25.3 Å². The summed E-state index contributed by atoms with van der Waals surface area (Å²) in [6.45, 7) is 3.88. The topological polar surface area (TPSA) is 48.5 Å². The van der Waals surface area contributed by atoms with Crippen LogP contribution in [0.1, 0.15) is 32.0 Å². The van der Waals surface area contributed by atoms with Gasteiger partial charge in [-0.25, -0.2) is 15.0 Å². The smallest absolute Gasteiger partial charge is 0.169 e. The van der Waals surface area contributed by atoms with E-state index in [1.807, 2.05) is 24.0 Å². The Bertz CT molecular complexity index is 991. The first-order valence-electron chi connectivity index (χ1n) is 8.70. The number of hydrogen-bond donors (Lipinski definition) is 0. The normalized spacial score (nSPS) is 17.6. The Kier molecular flexibility index (Phi) is 4.61. The molecule has 0 bridgehead atoms. The number of aromatic nitrogens is 5. The van der Waals surface area contributed by atoms with Gasteiger partial charge in [0.05, 0.1) is 17.2 Å². The van der Waals surface area contributed by atoms with Gasteiger partial charge in [0.15, 0.2) is 10.8 Å². The van der Waals surface area contributed by atoms with E-state index >= 15 is 0 Å². The molecule has 6 heteroatoms. The second-order valence-corrected chi connectivity index (χ2v) is 6.94. The minimum absolute atomic E-state index is 0.702. The third-order valence-corrected chi connectivity index (χ3v) is 5.04. The summed E-state index contributed by atoms with van der Waals surface area (Å²) in [5.41, 5.74) is 0. The lowest BCUT2D eigenvalue weighted by atomic mass is 10.2. The lowest BCUT2D eigenvalue weighted by Gasteiger charge is -2.09. The molecule has 4 rings (SSSR count). The summed E-state index contributed by atoms with van der Waals surface area (Å²) < 4.78 is 4.48. The van der Waals surface area contributed by atoms with Crippen LogP contribution < -0.4 is 10.7 Å². The molecule has 0 spiro atoms. The zero-order chi connectivity index (χ0) is 17.1. The van der Waals surface area contributed by atoms with E-state index in [2.05, 4.69) is 50.3 Å². The summed E-state index contributed by atoms with van der Waals surface area (Å²) in [7, 11) is 0. The monoisotopic (exact) mass is 351 g/mol. The first-order chi connectivity index (χ1) is 12.4. The van der Waals surface area contributed by atoms with Crippen molar-refractivity contribution in [2.24, 2.45) is 0 Å². The van der Waals surface area contributed by atoms with Crippen LogP contribution in [0, 0.1) is 0 Å². The average molecular weight is 351 g/mol. The van der Waals surface area contributed by atoms with E-state index < -0.39 is 0 Å². The molecule has 5 nitrogen and oxygen atoms in total. The van der Waals surface area contributed by atoms with E-state index in [4.69, 9.17) is 4.98 Å². The summed E-state index contributed by atoms with van der Waals surface area (Å²) >= 11 is 1.61. The van der Waals surface area contributed by atoms with E-state index in [9.17, 15) is 0 Å². The minimum Gasteiger partial charge on any atom is -0.326 e. The van der Waals surface area contributed by atoms with Crippen LogP contribution in [-0.2, 0) is 13.1 Å². The fourth-order valence-corrected chi connectivity index (χ4v) is 3.79. The summed E-state index contributed by atoms with van der Waals surface area (Å²) in [6.07, 6.45) is 17.7. The van der Waals surface area contributed by atoms with Crippen molar-refractivity contribution >= 4 is 23.5 Å². The molecule has 3 aromatic heterocycles. The number of nitrogens with zero attached hydrogens (tertiary/aromatic N) is 5. The molecule has 0 aromatic carbocycles. The maximum absolute atomic E-state index is 4.94. The van der Waals surface area contributed by atoms with Crippen molar-refractivity contribution in [1.29, 1.82) is 0 Å². The zero-order valence-corrected chi connectivity index (χ0v) is 15.1. The van der Waals surface area contributed by atoms with Gasteiger partial charge in [-0.15, -0.1) is 11.3 Å². The highest BCUT2D eigenvalue weighted by molar-refractivity contribution is 7.13. The van der Waals surface area contributed by atoms with Gasteiger partial charge in [-0.2, -0.15) is 0 Å². The third-order valence-electron chi connectivity index (χ3n) is 4.27. The Hall–Kier alpha value is -2.47. The van der Waals surface area contributed by atoms with E-state index in [1.165, 1.54) is 5.35 Å². The van der Waals surface area contributed by atoms with Crippen LogP contribution in [0.3, 0.4) is 0 Å². The highest BCUT2D eigenvalue weighted by atomic mass is 32.1. The molecular formula is C19H21N5S. The van der Waals surface area contributed by atoms with Crippen LogP contribution in [0.4, 0.5) is 0 Å². The Balaban J connectivity index is 1.78. The Morgan fingerprint density at radius 2 is 2.16 bits per heavy atom. The molecule has 128 valence electrons. The van der Waals surface area contributed by atoms with Gasteiger partial charge < -0.3 is 9.13 Å². The van der Waals surface area contributed by atoms with Gasteiger partial charge >= 0.3 is 0 Å². The molecule has 25 heavy (non-hydrogen) atoms. The SMILES string of the molecule is CCCn1c(Cn2ccnc2-c2nccs2)nc2/c1=C\C=C/CC\C=2. The molecule has 0 saturated heterocycles. The van der Waals surface area contributed by atoms with Gasteiger partial charge in [0.25, 0.3) is 0 Å². The van der Waals surface area contributed by atoms with Gasteiger partial charge in [0.2, 0.25) is 0 Å². The van der Waals surface area contributed by atoms with Crippen molar-refractivity contribution in [2.45, 2.75) is 39.3 Å². The Morgan fingerprint density at radius 3 is 3.00 bits per heavy atom. The molecule has 0 aliphatic heterocycles. The standard InChI is InChI=1S/C19H21N5S/c1-2-11-24-16-8-6-4-3-5-7-15(16)22-17(24)14-23-12-9-20-18(23)19-21-10-13-25-19/h4,6-10,12-13H,2-3,5,11,14H2,1H3/b6-4-,15-7+,16-8+. The van der Waals surface area contributed by atoms with Crippen molar-refractivity contribution in [1.82, 2.24) is 24.1 Å². The summed E-state index contributed by atoms with van der Waals surface area (Å²) in [6, 6.07) is 0. The van der Waals surface area contributed by atoms with Crippen molar-refractivity contribution in [3.05, 3.63) is 52.6 Å². The molecule has 0 amide bonds. The zero-order valence-electron chi connectivity index (χ0n) is 14.3. The number of hydrogen-bond acceptors (Lipinski definition) is 4. The first kappa shape index (κ1) is 16.0. The van der Waals surface area contributed by atoms with Gasteiger partial charge in [0.1, 0.15) is 5.82 Å². The van der Waals surface area contributed by atoms with Crippen LogP contribution >= 0.6 is 11.3 Å². The van der Waals surface area contributed by atoms with Gasteiger partial charge in [-0.1, -0.05) is 25.2 Å². The number of rotatable bonds is 5. The fraction of sp³-hybridized carbons (Fsp3) is 0.316. The van der Waals surface area contributed by atoms with E-state index in [0.29, 0.717) is 6.54 Å². The van der Waals surface area contributed by atoms with Crippen molar-refractivity contribution in [3.63, 3.8) is 0 Å². The first-order valence-corrected chi connectivity index (χ1v) is 9.58. The fourth-order valence-electron chi connectivity index (χ4n) is 3.15. The maximum Gasteiger partial charge on any atom is 0.169 e. The quantitative estimate of drug-likeness (QED) is 0.710. The Morgan fingerprint density at radius 1 is 1.20 bits per heavy atom. The van der Waals surface area contributed by atoms with Crippen LogP contribution in [0.15, 0.2) is 36.1 Å². The van der Waals surface area contributed by atoms with Crippen molar-refractivity contribution in [2.75, 3.05) is 0 Å². The van der Waals surface area contributed by atoms with Gasteiger partial charge in [-0.3, -0.25) is 0 Å². The summed E-state index contributed by atoms with van der Waals surface area (Å²) in [4.78, 5) is 13.8. The molecule has 3 heterocycles. The van der Waals surface area contributed by atoms with Crippen molar-refractivity contribution < 1.29 is 0 Å². The molecule has 0 radical (unpaired) electrons. The highest BCUT2D eigenvalue weighted by Crippen LogP contribution is 2.20. The molecule has 0 N–H and O–H groups in total. The average Bonchev–Trinajstić information content (AvgIpc) is 3.30. The number of fused-ring (bicyclic) bond motifs is 1. The maximum atomic E-state index is 4.94. The van der Waals surface area contributed by atoms with Crippen LogP contribution in [0.2, 0.25) is 0 Å². The molecule has 1 aliphatic rings. The van der Waals surface area contributed by atoms with Crippen LogP contribution in [0.25, 0.3) is 23.0 Å². The molecule has 0 fully saturated rings. The predicted molar refractivity (Wildman–Crippen MR) is 102 cm³/mol. The summed E-state index contributed by atoms with van der Waals surface area (Å²) in [5.74, 6) is 1.98. The second kappa shape index (κ2) is 7.19. The van der Waals surface area contributed by atoms with E-state index in [-0.39, 0.29) is 0 Å². The Labute approximate surface area is 150 Å². The highest BCUT2D eigenvalue weighted by Gasteiger charge is 2.13. The van der Waals surface area contributed by atoms with E-state index in [1.54, 1.807) is 11.3 Å². The lowest BCUT2D eigenvalue weighted by molar-refractivity contribution is 0.602. The summed E-state index contributed by atoms with van der Waals surface area (Å²) in [5, 5.41) is 5.24. The number of imidazole rings is 2. The molecule has 0 unspecified atom stereocenters.